The summed E-state index contributed by atoms with van der Waals surface area (Å²) in [6.45, 7) is -0.432. The van der Waals surface area contributed by atoms with Crippen molar-refractivity contribution < 1.29 is 14.9 Å². The van der Waals surface area contributed by atoms with Crippen LogP contribution >= 0.6 is 11.6 Å². The molecule has 1 fully saturated rings. The average Bonchev–Trinajstić information content (AvgIpc) is 2.57. The van der Waals surface area contributed by atoms with E-state index in [0.29, 0.717) is 0 Å². The van der Waals surface area contributed by atoms with Gasteiger partial charge in [0.2, 0.25) is 0 Å². The van der Waals surface area contributed by atoms with Crippen molar-refractivity contribution in [3.63, 3.8) is 0 Å². The molecule has 0 spiro atoms. The Kier molecular flexibility index (Phi) is 3.29. The third kappa shape index (κ3) is 2.12. The molecule has 0 saturated carbocycles. The van der Waals surface area contributed by atoms with E-state index >= 15 is 0 Å². The summed E-state index contributed by atoms with van der Waals surface area (Å²) in [5, 5.41) is 21.2. The second-order valence-electron chi connectivity index (χ2n) is 3.57. The fourth-order valence-corrected chi connectivity index (χ4v) is 1.92. The number of H-pyrrole nitrogens is 1. The molecule has 4 atom stereocenters. The number of aromatic nitrogens is 3. The van der Waals surface area contributed by atoms with Crippen LogP contribution in [0.25, 0.3) is 0 Å². The van der Waals surface area contributed by atoms with Crippen molar-refractivity contribution >= 4 is 11.6 Å². The van der Waals surface area contributed by atoms with Crippen molar-refractivity contribution in [1.82, 2.24) is 14.8 Å². The van der Waals surface area contributed by atoms with Crippen LogP contribution in [0.2, 0.25) is 0 Å². The van der Waals surface area contributed by atoms with Crippen molar-refractivity contribution in [3.05, 3.63) is 27.0 Å². The Morgan fingerprint density at radius 3 is 2.82 bits per heavy atom. The number of hydrogen-bond acceptors (Lipinski definition) is 6. The highest BCUT2D eigenvalue weighted by Gasteiger charge is 2.44. The van der Waals surface area contributed by atoms with E-state index in [9.17, 15) is 14.7 Å². The Hall–Kier alpha value is -1.22. The number of alkyl halides is 1. The Morgan fingerprint density at radius 1 is 1.59 bits per heavy atom. The van der Waals surface area contributed by atoms with Crippen molar-refractivity contribution in [1.29, 1.82) is 0 Å². The molecule has 94 valence electrons. The smallest absolute Gasteiger partial charge is 0.347 e. The molecule has 8 nitrogen and oxygen atoms in total. The lowest BCUT2D eigenvalue weighted by molar-refractivity contribution is -0.0504. The van der Waals surface area contributed by atoms with Gasteiger partial charge in [0.25, 0.3) is 5.56 Å². The zero-order chi connectivity index (χ0) is 12.6. The highest BCUT2D eigenvalue weighted by atomic mass is 35.5. The van der Waals surface area contributed by atoms with Crippen LogP contribution < -0.4 is 11.2 Å². The number of hydrogen-bond donors (Lipinski definition) is 3. The van der Waals surface area contributed by atoms with Crippen molar-refractivity contribution in [2.45, 2.75) is 23.8 Å². The number of nitrogens with zero attached hydrogens (tertiary/aromatic N) is 2. The largest absolute Gasteiger partial charge is 0.394 e. The van der Waals surface area contributed by atoms with Gasteiger partial charge in [0, 0.05) is 0 Å². The SMILES string of the molecule is O=c1cnn(C2OC(CO)C(O)C2Cl)c(=O)[nH]1. The molecular formula is C8H10ClN3O5. The molecule has 1 aromatic heterocycles. The molecule has 2 heterocycles. The first-order chi connectivity index (χ1) is 8.04. The third-order valence-electron chi connectivity index (χ3n) is 2.45. The molecule has 0 aliphatic carbocycles. The first-order valence-corrected chi connectivity index (χ1v) is 5.25. The summed E-state index contributed by atoms with van der Waals surface area (Å²) in [4.78, 5) is 24.3. The summed E-state index contributed by atoms with van der Waals surface area (Å²) in [6, 6.07) is 0. The number of aliphatic hydroxyl groups excluding tert-OH is 2. The number of halogens is 1. The van der Waals surface area contributed by atoms with Crippen LogP contribution in [0.1, 0.15) is 6.23 Å². The van der Waals surface area contributed by atoms with Crippen molar-refractivity contribution in [2.75, 3.05) is 6.61 Å². The minimum Gasteiger partial charge on any atom is -0.394 e. The lowest BCUT2D eigenvalue weighted by Gasteiger charge is -2.14. The normalized spacial score (nSPS) is 32.9. The lowest BCUT2D eigenvalue weighted by Crippen LogP contribution is -2.37. The fourth-order valence-electron chi connectivity index (χ4n) is 1.60. The van der Waals surface area contributed by atoms with Gasteiger partial charge in [-0.3, -0.25) is 9.78 Å². The molecule has 1 aromatic rings. The van der Waals surface area contributed by atoms with Crippen LogP contribution in [0.3, 0.4) is 0 Å². The molecule has 4 unspecified atom stereocenters. The maximum absolute atomic E-state index is 11.4. The van der Waals surface area contributed by atoms with E-state index in [4.69, 9.17) is 21.4 Å². The molecule has 0 amide bonds. The Labute approximate surface area is 99.4 Å². The van der Waals surface area contributed by atoms with Gasteiger partial charge < -0.3 is 14.9 Å². The number of nitrogens with one attached hydrogen (secondary N) is 1. The molecule has 1 saturated heterocycles. The van der Waals surface area contributed by atoms with Gasteiger partial charge in [-0.15, -0.1) is 11.6 Å². The van der Waals surface area contributed by atoms with Gasteiger partial charge in [-0.2, -0.15) is 9.78 Å². The summed E-state index contributed by atoms with van der Waals surface area (Å²) in [5.74, 6) is 0. The topological polar surface area (TPSA) is 117 Å². The highest BCUT2D eigenvalue weighted by molar-refractivity contribution is 6.21. The van der Waals surface area contributed by atoms with E-state index in [-0.39, 0.29) is 0 Å². The number of ether oxygens (including phenoxy) is 1. The minimum absolute atomic E-state index is 0.432. The lowest BCUT2D eigenvalue weighted by atomic mass is 10.2. The zero-order valence-electron chi connectivity index (χ0n) is 8.49. The molecule has 3 N–H and O–H groups in total. The van der Waals surface area contributed by atoms with Crippen LogP contribution in [0.4, 0.5) is 0 Å². The van der Waals surface area contributed by atoms with E-state index < -0.39 is 41.7 Å². The van der Waals surface area contributed by atoms with Crippen LogP contribution in [0.5, 0.6) is 0 Å². The predicted octanol–water partition coefficient (Wildman–Crippen LogP) is -2.21. The molecular weight excluding hydrogens is 254 g/mol. The van der Waals surface area contributed by atoms with Gasteiger partial charge in [-0.05, 0) is 0 Å². The molecule has 1 aliphatic rings. The fraction of sp³-hybridized carbons (Fsp3) is 0.625. The van der Waals surface area contributed by atoms with Crippen LogP contribution in [0.15, 0.2) is 15.8 Å². The number of rotatable bonds is 2. The van der Waals surface area contributed by atoms with E-state index in [1.54, 1.807) is 0 Å². The van der Waals surface area contributed by atoms with Crippen LogP contribution in [0, 0.1) is 0 Å². The molecule has 0 radical (unpaired) electrons. The summed E-state index contributed by atoms with van der Waals surface area (Å²) in [7, 11) is 0. The maximum Gasteiger partial charge on any atom is 0.347 e. The van der Waals surface area contributed by atoms with E-state index in [2.05, 4.69) is 5.10 Å². The van der Waals surface area contributed by atoms with Gasteiger partial charge in [-0.1, -0.05) is 0 Å². The summed E-state index contributed by atoms with van der Waals surface area (Å²) in [5.41, 5.74) is -1.44. The van der Waals surface area contributed by atoms with E-state index in [1.807, 2.05) is 4.98 Å². The van der Waals surface area contributed by atoms with Crippen molar-refractivity contribution in [2.24, 2.45) is 0 Å². The highest BCUT2D eigenvalue weighted by Crippen LogP contribution is 2.31. The van der Waals surface area contributed by atoms with Crippen molar-refractivity contribution in [3.8, 4) is 0 Å². The summed E-state index contributed by atoms with van der Waals surface area (Å²) in [6.07, 6.45) is -2.14. The summed E-state index contributed by atoms with van der Waals surface area (Å²) < 4.78 is 6.01. The standard InChI is InChI=1S/C8H10ClN3O5/c9-5-6(15)3(2-13)17-7(5)12-8(16)11-4(14)1-10-12/h1,3,5-7,13,15H,2H2,(H,11,14,16). The minimum atomic E-state index is -1.12. The second kappa shape index (κ2) is 4.57. The second-order valence-corrected chi connectivity index (χ2v) is 4.07. The molecule has 0 aromatic carbocycles. The third-order valence-corrected chi connectivity index (χ3v) is 2.93. The molecule has 9 heteroatoms. The van der Waals surface area contributed by atoms with Crippen LogP contribution in [-0.4, -0.2) is 49.2 Å². The monoisotopic (exact) mass is 263 g/mol. The van der Waals surface area contributed by atoms with Crippen LogP contribution in [-0.2, 0) is 4.74 Å². The predicted molar refractivity (Wildman–Crippen MR) is 55.8 cm³/mol. The Balaban J connectivity index is 2.35. The molecule has 0 bridgehead atoms. The maximum atomic E-state index is 11.4. The van der Waals surface area contributed by atoms with Gasteiger partial charge in [0.1, 0.15) is 23.8 Å². The van der Waals surface area contributed by atoms with Gasteiger partial charge in [-0.25, -0.2) is 4.79 Å². The Bertz CT molecular complexity index is 514. The first-order valence-electron chi connectivity index (χ1n) is 4.81. The molecule has 2 rings (SSSR count). The first kappa shape index (κ1) is 12.2. The average molecular weight is 264 g/mol. The number of aliphatic hydroxyl groups is 2. The quantitative estimate of drug-likeness (QED) is 0.521. The van der Waals surface area contributed by atoms with Gasteiger partial charge in [0.05, 0.1) is 6.61 Å². The van der Waals surface area contributed by atoms with E-state index in [1.165, 1.54) is 0 Å². The van der Waals surface area contributed by atoms with Gasteiger partial charge >= 0.3 is 5.69 Å². The van der Waals surface area contributed by atoms with E-state index in [0.717, 1.165) is 10.9 Å². The number of aromatic amines is 1. The molecule has 17 heavy (non-hydrogen) atoms. The Morgan fingerprint density at radius 2 is 2.29 bits per heavy atom. The molecule has 1 aliphatic heterocycles. The summed E-state index contributed by atoms with van der Waals surface area (Å²) >= 11 is 5.87. The van der Waals surface area contributed by atoms with Gasteiger partial charge in [0.15, 0.2) is 6.23 Å². The zero-order valence-corrected chi connectivity index (χ0v) is 9.24.